The lowest BCUT2D eigenvalue weighted by Gasteiger charge is -2.07. The lowest BCUT2D eigenvalue weighted by Crippen LogP contribution is -2.13. The van der Waals surface area contributed by atoms with E-state index in [1.165, 1.54) is 0 Å². The monoisotopic (exact) mass is 241 g/mol. The van der Waals surface area contributed by atoms with Gasteiger partial charge in [0.1, 0.15) is 0 Å². The van der Waals surface area contributed by atoms with Gasteiger partial charge in [0.25, 0.3) is 0 Å². The van der Waals surface area contributed by atoms with Gasteiger partial charge in [-0.3, -0.25) is 0 Å². The number of hydrogen-bond acceptors (Lipinski definition) is 3. The number of nitrogens with zero attached hydrogens (tertiary/aromatic N) is 1. The fourth-order valence-corrected chi connectivity index (χ4v) is 1.66. The zero-order valence-electron chi connectivity index (χ0n) is 9.88. The largest absolute Gasteiger partial charge is 0.409 e. The van der Waals surface area contributed by atoms with E-state index in [1.807, 2.05) is 48.5 Å². The van der Waals surface area contributed by atoms with Crippen molar-refractivity contribution in [3.63, 3.8) is 0 Å². The lowest BCUT2D eigenvalue weighted by molar-refractivity contribution is 0.318. The number of oxime groups is 1. The minimum atomic E-state index is 0.122. The van der Waals surface area contributed by atoms with Crippen LogP contribution in [0.1, 0.15) is 11.1 Å². The molecular formula is C14H15N3O. The second-order valence-electron chi connectivity index (χ2n) is 3.91. The van der Waals surface area contributed by atoms with Crippen molar-refractivity contribution in [3.05, 3.63) is 65.7 Å². The van der Waals surface area contributed by atoms with Gasteiger partial charge in [0.2, 0.25) is 0 Å². The highest BCUT2D eigenvalue weighted by Gasteiger charge is 2.00. The Morgan fingerprint density at radius 2 is 1.89 bits per heavy atom. The summed E-state index contributed by atoms with van der Waals surface area (Å²) >= 11 is 0. The highest BCUT2D eigenvalue weighted by molar-refractivity contribution is 5.97. The van der Waals surface area contributed by atoms with Crippen LogP contribution in [-0.2, 0) is 6.54 Å². The van der Waals surface area contributed by atoms with Crippen molar-refractivity contribution < 1.29 is 5.21 Å². The van der Waals surface area contributed by atoms with Gasteiger partial charge in [-0.1, -0.05) is 41.6 Å². The van der Waals surface area contributed by atoms with Crippen LogP contribution in [-0.4, -0.2) is 11.0 Å². The Kier molecular flexibility index (Phi) is 3.81. The highest BCUT2D eigenvalue weighted by atomic mass is 16.4. The van der Waals surface area contributed by atoms with E-state index in [4.69, 9.17) is 10.9 Å². The van der Waals surface area contributed by atoms with Crippen molar-refractivity contribution in [2.24, 2.45) is 10.9 Å². The minimum absolute atomic E-state index is 0.122. The fraction of sp³-hybridized carbons (Fsp3) is 0.0714. The minimum Gasteiger partial charge on any atom is -0.409 e. The van der Waals surface area contributed by atoms with Crippen LogP contribution >= 0.6 is 0 Å². The van der Waals surface area contributed by atoms with Gasteiger partial charge in [-0.2, -0.15) is 0 Å². The van der Waals surface area contributed by atoms with Crippen LogP contribution in [0.5, 0.6) is 0 Å². The molecule has 0 aromatic heterocycles. The molecule has 18 heavy (non-hydrogen) atoms. The molecule has 92 valence electrons. The molecule has 0 amide bonds. The molecule has 0 atom stereocenters. The molecule has 0 aliphatic heterocycles. The summed E-state index contributed by atoms with van der Waals surface area (Å²) in [6, 6.07) is 17.5. The summed E-state index contributed by atoms with van der Waals surface area (Å²) in [6.45, 7) is 0.691. The first-order valence-electron chi connectivity index (χ1n) is 5.65. The van der Waals surface area contributed by atoms with E-state index >= 15 is 0 Å². The van der Waals surface area contributed by atoms with Crippen LogP contribution in [0.15, 0.2) is 59.8 Å². The summed E-state index contributed by atoms with van der Waals surface area (Å²) in [7, 11) is 0. The Morgan fingerprint density at radius 1 is 1.11 bits per heavy atom. The molecule has 4 N–H and O–H groups in total. The van der Waals surface area contributed by atoms with E-state index in [0.29, 0.717) is 12.1 Å². The number of nitrogens with two attached hydrogens (primary N) is 1. The van der Waals surface area contributed by atoms with Crippen LogP contribution in [0.25, 0.3) is 0 Å². The standard InChI is InChI=1S/C14H15N3O/c15-14(17-18)12-6-4-5-11(9-12)10-16-13-7-2-1-3-8-13/h1-9,16,18H,10H2,(H2,15,17). The zero-order chi connectivity index (χ0) is 12.8. The first-order chi connectivity index (χ1) is 8.79. The summed E-state index contributed by atoms with van der Waals surface area (Å²) in [5.41, 5.74) is 8.40. The van der Waals surface area contributed by atoms with E-state index in [1.54, 1.807) is 6.07 Å². The van der Waals surface area contributed by atoms with Gasteiger partial charge in [0, 0.05) is 17.8 Å². The van der Waals surface area contributed by atoms with Gasteiger partial charge < -0.3 is 16.3 Å². The van der Waals surface area contributed by atoms with Crippen LogP contribution in [0.2, 0.25) is 0 Å². The average molecular weight is 241 g/mol. The van der Waals surface area contributed by atoms with Crippen molar-refractivity contribution in [2.75, 3.05) is 5.32 Å². The topological polar surface area (TPSA) is 70.6 Å². The molecule has 0 aliphatic rings. The number of anilines is 1. The molecule has 4 heteroatoms. The predicted molar refractivity (Wildman–Crippen MR) is 72.7 cm³/mol. The molecule has 0 aliphatic carbocycles. The predicted octanol–water partition coefficient (Wildman–Crippen LogP) is 2.39. The lowest BCUT2D eigenvalue weighted by atomic mass is 10.1. The Labute approximate surface area is 106 Å². The second kappa shape index (κ2) is 5.72. The molecule has 0 fully saturated rings. The zero-order valence-corrected chi connectivity index (χ0v) is 9.88. The third kappa shape index (κ3) is 3.01. The fourth-order valence-electron chi connectivity index (χ4n) is 1.66. The molecule has 4 nitrogen and oxygen atoms in total. The molecule has 0 saturated heterocycles. The van der Waals surface area contributed by atoms with Crippen molar-refractivity contribution in [1.29, 1.82) is 0 Å². The Bertz CT molecular complexity index is 538. The quantitative estimate of drug-likeness (QED) is 0.333. The van der Waals surface area contributed by atoms with Crippen molar-refractivity contribution in [1.82, 2.24) is 0 Å². The Balaban J connectivity index is 2.06. The summed E-state index contributed by atoms with van der Waals surface area (Å²) in [5.74, 6) is 0.122. The SMILES string of the molecule is NC(=NO)c1cccc(CNc2ccccc2)c1. The van der Waals surface area contributed by atoms with Crippen LogP contribution in [0, 0.1) is 0 Å². The molecule has 0 radical (unpaired) electrons. The maximum Gasteiger partial charge on any atom is 0.170 e. The van der Waals surface area contributed by atoms with Crippen LogP contribution in [0.3, 0.4) is 0 Å². The first-order valence-corrected chi connectivity index (χ1v) is 5.65. The molecule has 2 aromatic carbocycles. The normalized spacial score (nSPS) is 11.2. The maximum atomic E-state index is 8.63. The maximum absolute atomic E-state index is 8.63. The number of para-hydroxylation sites is 1. The number of amidine groups is 1. The van der Waals surface area contributed by atoms with Crippen molar-refractivity contribution >= 4 is 11.5 Å². The van der Waals surface area contributed by atoms with E-state index in [-0.39, 0.29) is 5.84 Å². The third-order valence-corrected chi connectivity index (χ3v) is 2.60. The van der Waals surface area contributed by atoms with Gasteiger partial charge >= 0.3 is 0 Å². The van der Waals surface area contributed by atoms with Gasteiger partial charge in [-0.15, -0.1) is 0 Å². The number of rotatable bonds is 4. The van der Waals surface area contributed by atoms with E-state index in [9.17, 15) is 0 Å². The molecule has 0 spiro atoms. The highest BCUT2D eigenvalue weighted by Crippen LogP contribution is 2.10. The number of benzene rings is 2. The van der Waals surface area contributed by atoms with Gasteiger partial charge in [0.05, 0.1) is 0 Å². The Morgan fingerprint density at radius 3 is 2.61 bits per heavy atom. The molecule has 0 bridgehead atoms. The van der Waals surface area contributed by atoms with E-state index < -0.39 is 0 Å². The molecule has 0 heterocycles. The molecule has 2 aromatic rings. The molecular weight excluding hydrogens is 226 g/mol. The van der Waals surface area contributed by atoms with E-state index in [2.05, 4.69) is 10.5 Å². The Hall–Kier alpha value is -2.49. The average Bonchev–Trinajstić information content (AvgIpc) is 2.45. The van der Waals surface area contributed by atoms with Crippen molar-refractivity contribution in [3.8, 4) is 0 Å². The molecule has 0 unspecified atom stereocenters. The number of nitrogens with one attached hydrogen (secondary N) is 1. The molecule has 2 rings (SSSR count). The molecule has 0 saturated carbocycles. The van der Waals surface area contributed by atoms with Crippen LogP contribution < -0.4 is 11.1 Å². The smallest absolute Gasteiger partial charge is 0.170 e. The van der Waals surface area contributed by atoms with Crippen molar-refractivity contribution in [2.45, 2.75) is 6.54 Å². The van der Waals surface area contributed by atoms with Crippen LogP contribution in [0.4, 0.5) is 5.69 Å². The first kappa shape index (κ1) is 12.0. The summed E-state index contributed by atoms with van der Waals surface area (Å²) < 4.78 is 0. The van der Waals surface area contributed by atoms with Gasteiger partial charge in [-0.05, 0) is 23.8 Å². The van der Waals surface area contributed by atoms with Gasteiger partial charge in [-0.25, -0.2) is 0 Å². The van der Waals surface area contributed by atoms with Gasteiger partial charge in [0.15, 0.2) is 5.84 Å². The number of hydrogen-bond donors (Lipinski definition) is 3. The second-order valence-corrected chi connectivity index (χ2v) is 3.91. The summed E-state index contributed by atoms with van der Waals surface area (Å²) in [6.07, 6.45) is 0. The summed E-state index contributed by atoms with van der Waals surface area (Å²) in [5, 5.41) is 14.9. The van der Waals surface area contributed by atoms with E-state index in [0.717, 1.165) is 11.3 Å². The summed E-state index contributed by atoms with van der Waals surface area (Å²) in [4.78, 5) is 0. The third-order valence-electron chi connectivity index (χ3n) is 2.60.